The fourth-order valence-electron chi connectivity index (χ4n) is 3.23. The van der Waals surface area contributed by atoms with Gasteiger partial charge in [-0.1, -0.05) is 35.0 Å². The Morgan fingerprint density at radius 2 is 1.97 bits per heavy atom. The molecular formula is C22H21ClN6O4. The van der Waals surface area contributed by atoms with Crippen LogP contribution in [0.25, 0.3) is 11.5 Å². The van der Waals surface area contributed by atoms with Crippen LogP contribution in [0.2, 0.25) is 5.02 Å². The lowest BCUT2D eigenvalue weighted by atomic mass is 10.2. The number of hydrogen-bond acceptors (Lipinski definition) is 8. The number of carbonyl (C=O) groups excluding carboxylic acids is 1. The quantitative estimate of drug-likeness (QED) is 0.419. The van der Waals surface area contributed by atoms with Crippen molar-refractivity contribution in [3.8, 4) is 23.0 Å². The van der Waals surface area contributed by atoms with Gasteiger partial charge in [0.25, 0.3) is 5.91 Å². The summed E-state index contributed by atoms with van der Waals surface area (Å²) in [6.07, 6.45) is 0. The number of aromatic nitrogens is 4. The molecule has 2 heterocycles. The maximum absolute atomic E-state index is 12.6. The van der Waals surface area contributed by atoms with Gasteiger partial charge in [0.2, 0.25) is 5.89 Å². The number of anilines is 2. The minimum Gasteiger partial charge on any atom is -0.493 e. The van der Waals surface area contributed by atoms with Gasteiger partial charge in [-0.25, -0.2) is 9.67 Å². The van der Waals surface area contributed by atoms with Gasteiger partial charge < -0.3 is 24.9 Å². The van der Waals surface area contributed by atoms with Crippen molar-refractivity contribution in [2.75, 3.05) is 25.3 Å². The number of hydrogen-bond donors (Lipinski definition) is 2. The number of benzene rings is 2. The highest BCUT2D eigenvalue weighted by Crippen LogP contribution is 2.38. The molecule has 4 rings (SSSR count). The number of oxazole rings is 1. The third-order valence-electron chi connectivity index (χ3n) is 4.94. The number of rotatable bonds is 7. The van der Waals surface area contributed by atoms with Gasteiger partial charge in [0.05, 0.1) is 37.0 Å². The minimum atomic E-state index is -0.523. The number of nitrogens with one attached hydrogen (secondary N) is 1. The molecule has 4 aromatic rings. The Bertz CT molecular complexity index is 1320. The fraction of sp³-hybridized carbons (Fsp3) is 0.182. The second-order valence-corrected chi connectivity index (χ2v) is 7.39. The molecule has 33 heavy (non-hydrogen) atoms. The van der Waals surface area contributed by atoms with Crippen LogP contribution in [0.5, 0.6) is 11.5 Å². The molecule has 10 nitrogen and oxygen atoms in total. The van der Waals surface area contributed by atoms with Crippen molar-refractivity contribution in [1.82, 2.24) is 20.0 Å². The van der Waals surface area contributed by atoms with Crippen LogP contribution in [-0.2, 0) is 6.54 Å². The molecule has 0 saturated heterocycles. The molecule has 0 saturated carbocycles. The van der Waals surface area contributed by atoms with Crippen LogP contribution in [0.15, 0.2) is 46.9 Å². The third kappa shape index (κ3) is 4.33. The van der Waals surface area contributed by atoms with E-state index < -0.39 is 5.91 Å². The second kappa shape index (κ2) is 9.21. The number of carbonyl (C=O) groups is 1. The van der Waals surface area contributed by atoms with E-state index in [1.54, 1.807) is 51.5 Å². The topological polar surface area (TPSA) is 130 Å². The number of nitrogen functional groups attached to an aromatic ring is 1. The normalized spacial score (nSPS) is 10.8. The van der Waals surface area contributed by atoms with Crippen molar-refractivity contribution in [2.45, 2.75) is 13.5 Å². The van der Waals surface area contributed by atoms with E-state index in [-0.39, 0.29) is 18.1 Å². The lowest BCUT2D eigenvalue weighted by Crippen LogP contribution is -2.15. The zero-order chi connectivity index (χ0) is 23.5. The SMILES string of the molecule is COc1cccc(-c2nc(Cn3nnc(C(=O)Nc4ccccc4Cl)c3N)c(C)o2)c1OC. The minimum absolute atomic E-state index is 0.0224. The number of ether oxygens (including phenoxy) is 2. The van der Waals surface area contributed by atoms with Crippen LogP contribution in [0.4, 0.5) is 11.5 Å². The van der Waals surface area contributed by atoms with E-state index in [0.29, 0.717) is 45.1 Å². The van der Waals surface area contributed by atoms with E-state index in [2.05, 4.69) is 20.6 Å². The first-order chi connectivity index (χ1) is 15.9. The molecule has 11 heteroatoms. The van der Waals surface area contributed by atoms with E-state index in [0.717, 1.165) is 0 Å². The summed E-state index contributed by atoms with van der Waals surface area (Å²) in [5, 5.41) is 11.0. The third-order valence-corrected chi connectivity index (χ3v) is 5.27. The van der Waals surface area contributed by atoms with Crippen LogP contribution in [0.1, 0.15) is 21.9 Å². The fourth-order valence-corrected chi connectivity index (χ4v) is 3.41. The summed E-state index contributed by atoms with van der Waals surface area (Å²) in [7, 11) is 3.10. The summed E-state index contributed by atoms with van der Waals surface area (Å²) in [5.74, 6) is 1.54. The summed E-state index contributed by atoms with van der Waals surface area (Å²) in [6, 6.07) is 12.3. The summed E-state index contributed by atoms with van der Waals surface area (Å²) >= 11 is 6.10. The largest absolute Gasteiger partial charge is 0.493 e. The van der Waals surface area contributed by atoms with Gasteiger partial charge in [0.15, 0.2) is 23.0 Å². The van der Waals surface area contributed by atoms with E-state index in [4.69, 9.17) is 31.2 Å². The van der Waals surface area contributed by atoms with E-state index in [9.17, 15) is 4.79 Å². The predicted molar refractivity (Wildman–Crippen MR) is 123 cm³/mol. The molecule has 0 bridgehead atoms. The molecule has 0 aliphatic rings. The van der Waals surface area contributed by atoms with Crippen LogP contribution in [0, 0.1) is 6.92 Å². The Morgan fingerprint density at radius 1 is 1.18 bits per heavy atom. The van der Waals surface area contributed by atoms with E-state index >= 15 is 0 Å². The average Bonchev–Trinajstić information content (AvgIpc) is 3.37. The smallest absolute Gasteiger partial charge is 0.280 e. The van der Waals surface area contributed by atoms with Gasteiger partial charge in [-0.3, -0.25) is 4.79 Å². The highest BCUT2D eigenvalue weighted by molar-refractivity contribution is 6.33. The Morgan fingerprint density at radius 3 is 2.70 bits per heavy atom. The molecule has 0 aliphatic heterocycles. The summed E-state index contributed by atoms with van der Waals surface area (Å²) in [6.45, 7) is 1.93. The highest BCUT2D eigenvalue weighted by Gasteiger charge is 2.22. The van der Waals surface area contributed by atoms with Gasteiger partial charge in [0.1, 0.15) is 11.5 Å². The first-order valence-corrected chi connectivity index (χ1v) is 10.2. The maximum Gasteiger partial charge on any atom is 0.280 e. The molecule has 0 unspecified atom stereocenters. The molecule has 0 radical (unpaired) electrons. The van der Waals surface area contributed by atoms with Crippen molar-refractivity contribution >= 4 is 29.0 Å². The summed E-state index contributed by atoms with van der Waals surface area (Å²) < 4.78 is 18.0. The van der Waals surface area contributed by atoms with Crippen LogP contribution in [0.3, 0.4) is 0 Å². The number of halogens is 1. The van der Waals surface area contributed by atoms with Gasteiger partial charge >= 0.3 is 0 Å². The zero-order valence-corrected chi connectivity index (χ0v) is 18.9. The van der Waals surface area contributed by atoms with Gasteiger partial charge in [-0.05, 0) is 31.2 Å². The van der Waals surface area contributed by atoms with Gasteiger partial charge in [0, 0.05) is 0 Å². The predicted octanol–water partition coefficient (Wildman–Crippen LogP) is 3.79. The molecule has 0 atom stereocenters. The number of amides is 1. The molecule has 0 spiro atoms. The van der Waals surface area contributed by atoms with Crippen LogP contribution >= 0.6 is 11.6 Å². The number of nitrogens with two attached hydrogens (primary N) is 1. The Hall–Kier alpha value is -4.05. The molecular weight excluding hydrogens is 448 g/mol. The maximum atomic E-state index is 12.6. The second-order valence-electron chi connectivity index (χ2n) is 6.98. The van der Waals surface area contributed by atoms with E-state index in [1.165, 1.54) is 4.68 Å². The molecule has 1 amide bonds. The number of aryl methyl sites for hydroxylation is 1. The van der Waals surface area contributed by atoms with Gasteiger partial charge in [-0.15, -0.1) is 5.10 Å². The molecule has 0 fully saturated rings. The zero-order valence-electron chi connectivity index (χ0n) is 18.1. The molecule has 0 aliphatic carbocycles. The molecule has 2 aromatic heterocycles. The van der Waals surface area contributed by atoms with E-state index in [1.807, 2.05) is 12.1 Å². The summed E-state index contributed by atoms with van der Waals surface area (Å²) in [4.78, 5) is 17.2. The first-order valence-electron chi connectivity index (χ1n) is 9.85. The van der Waals surface area contributed by atoms with Crippen molar-refractivity contribution in [3.63, 3.8) is 0 Å². The Kier molecular flexibility index (Phi) is 6.18. The van der Waals surface area contributed by atoms with Crippen LogP contribution < -0.4 is 20.5 Å². The standard InChI is InChI=1S/C22H21ClN6O4/c1-12-16(26-22(33-12)13-7-6-10-17(31-2)19(13)32-3)11-29-20(24)18(27-28-29)21(30)25-15-9-5-4-8-14(15)23/h4-10H,11,24H2,1-3H3,(H,25,30). The molecule has 170 valence electrons. The monoisotopic (exact) mass is 468 g/mol. The Labute approximate surface area is 194 Å². The number of nitrogens with zero attached hydrogens (tertiary/aromatic N) is 4. The van der Waals surface area contributed by atoms with Crippen molar-refractivity contribution in [1.29, 1.82) is 0 Å². The highest BCUT2D eigenvalue weighted by atomic mass is 35.5. The number of methoxy groups -OCH3 is 2. The first kappa shape index (κ1) is 22.2. The summed E-state index contributed by atoms with van der Waals surface area (Å²) in [5.41, 5.74) is 7.78. The van der Waals surface area contributed by atoms with Gasteiger partial charge in [-0.2, -0.15) is 0 Å². The molecule has 3 N–H and O–H groups in total. The average molecular weight is 469 g/mol. The lowest BCUT2D eigenvalue weighted by Gasteiger charge is -2.09. The molecule has 2 aromatic carbocycles. The number of para-hydroxylation sites is 2. The van der Waals surface area contributed by atoms with Crippen LogP contribution in [-0.4, -0.2) is 40.1 Å². The van der Waals surface area contributed by atoms with Crippen molar-refractivity contribution < 1.29 is 18.7 Å². The Balaban J connectivity index is 1.58. The van der Waals surface area contributed by atoms with Crippen molar-refractivity contribution in [3.05, 3.63) is 64.6 Å². The lowest BCUT2D eigenvalue weighted by molar-refractivity contribution is 0.102. The van der Waals surface area contributed by atoms with Crippen molar-refractivity contribution in [2.24, 2.45) is 0 Å².